The number of hydrogen-bond acceptors (Lipinski definition) is 5. The van der Waals surface area contributed by atoms with Gasteiger partial charge in [0.1, 0.15) is 12.4 Å². The summed E-state index contributed by atoms with van der Waals surface area (Å²) in [4.78, 5) is 24.8. The minimum Gasteiger partial charge on any atom is -0.465 e. The van der Waals surface area contributed by atoms with E-state index in [9.17, 15) is 22.4 Å². The number of hydrogen-bond donors (Lipinski definition) is 1. The number of carbonyl (C=O) groups excluding carboxylic acids is 2. The lowest BCUT2D eigenvalue weighted by Crippen LogP contribution is -2.20. The Kier molecular flexibility index (Phi) is 6.47. The molecule has 0 saturated heterocycles. The molecule has 1 heterocycles. The van der Waals surface area contributed by atoms with Crippen LogP contribution in [0.25, 0.3) is 10.9 Å². The van der Waals surface area contributed by atoms with Crippen molar-refractivity contribution in [1.82, 2.24) is 4.57 Å². The Hall–Kier alpha value is -3.98. The Morgan fingerprint density at radius 3 is 2.41 bits per heavy atom. The molecule has 0 atom stereocenters. The van der Waals surface area contributed by atoms with Crippen LogP contribution in [0.4, 0.5) is 10.1 Å². The van der Waals surface area contributed by atoms with Crippen molar-refractivity contribution in [1.29, 1.82) is 0 Å². The average Bonchev–Trinajstić information content (AvgIpc) is 3.19. The number of carbonyl (C=O) groups is 2. The molecule has 0 bridgehead atoms. The van der Waals surface area contributed by atoms with Gasteiger partial charge in [-0.05, 0) is 24.3 Å². The highest BCUT2D eigenvalue weighted by molar-refractivity contribution is 7.90. The molecule has 1 amide bonds. The van der Waals surface area contributed by atoms with Crippen LogP contribution in [-0.2, 0) is 31.7 Å². The smallest absolute Gasteiger partial charge is 0.339 e. The van der Waals surface area contributed by atoms with E-state index in [0.717, 1.165) is 0 Å². The largest absolute Gasteiger partial charge is 0.465 e. The van der Waals surface area contributed by atoms with Crippen LogP contribution in [0.5, 0.6) is 0 Å². The summed E-state index contributed by atoms with van der Waals surface area (Å²) >= 11 is 0. The number of anilines is 1. The number of halogens is 1. The Bertz CT molecular complexity index is 1490. The first-order chi connectivity index (χ1) is 16.3. The molecule has 4 aromatic rings. The highest BCUT2D eigenvalue weighted by Crippen LogP contribution is 2.29. The summed E-state index contributed by atoms with van der Waals surface area (Å²) < 4.78 is 46.7. The summed E-state index contributed by atoms with van der Waals surface area (Å²) in [6, 6.07) is 18.9. The number of para-hydroxylation sites is 2. The zero-order chi connectivity index (χ0) is 24.3. The number of methoxy groups -OCH3 is 1. The molecule has 7 nitrogen and oxygen atoms in total. The molecule has 1 N–H and O–H groups in total. The maximum absolute atomic E-state index is 14.1. The summed E-state index contributed by atoms with van der Waals surface area (Å²) in [6.45, 7) is -0.203. The second-order valence-electron chi connectivity index (χ2n) is 7.57. The molecule has 174 valence electrons. The number of ether oxygens (including phenoxy) is 1. The number of benzene rings is 3. The Morgan fingerprint density at radius 2 is 1.65 bits per heavy atom. The number of amides is 1. The van der Waals surface area contributed by atoms with E-state index in [1.807, 2.05) is 0 Å². The van der Waals surface area contributed by atoms with Gasteiger partial charge in [-0.25, -0.2) is 17.6 Å². The van der Waals surface area contributed by atoms with Crippen LogP contribution in [0.1, 0.15) is 15.9 Å². The summed E-state index contributed by atoms with van der Waals surface area (Å²) in [5.74, 6) is -2.16. The normalized spacial score (nSPS) is 11.4. The monoisotopic (exact) mass is 480 g/mol. The SMILES string of the molecule is COC(=O)c1ccccc1NC(=O)Cn1cc(S(=O)(=O)Cc2ccccc2F)c2ccccc21. The molecule has 0 aliphatic heterocycles. The third-order valence-corrected chi connectivity index (χ3v) is 7.00. The minimum atomic E-state index is -3.91. The van der Waals surface area contributed by atoms with Crippen LogP contribution in [0.2, 0.25) is 0 Å². The molecular formula is C25H21FN2O5S. The molecule has 0 saturated carbocycles. The van der Waals surface area contributed by atoms with Crippen LogP contribution >= 0.6 is 0 Å². The number of sulfone groups is 1. The van der Waals surface area contributed by atoms with E-state index < -0.39 is 33.3 Å². The molecule has 0 unspecified atom stereocenters. The summed E-state index contributed by atoms with van der Waals surface area (Å²) in [7, 11) is -2.67. The van der Waals surface area contributed by atoms with Crippen molar-refractivity contribution in [3.8, 4) is 0 Å². The third-order valence-electron chi connectivity index (χ3n) is 5.31. The van der Waals surface area contributed by atoms with Crippen LogP contribution in [-0.4, -0.2) is 32.0 Å². The van der Waals surface area contributed by atoms with E-state index in [1.54, 1.807) is 48.5 Å². The van der Waals surface area contributed by atoms with E-state index in [4.69, 9.17) is 4.74 Å². The van der Waals surface area contributed by atoms with Gasteiger partial charge in [0.15, 0.2) is 9.84 Å². The quantitative estimate of drug-likeness (QED) is 0.401. The summed E-state index contributed by atoms with van der Waals surface area (Å²) in [5.41, 5.74) is 1.08. The molecule has 0 radical (unpaired) electrons. The van der Waals surface area contributed by atoms with Crippen LogP contribution in [0, 0.1) is 5.82 Å². The number of nitrogens with one attached hydrogen (secondary N) is 1. The van der Waals surface area contributed by atoms with E-state index >= 15 is 0 Å². The van der Waals surface area contributed by atoms with Gasteiger partial charge in [0, 0.05) is 22.7 Å². The highest BCUT2D eigenvalue weighted by atomic mass is 32.2. The standard InChI is InChI=1S/C25H21FN2O5S/c1-33-25(30)18-9-3-6-12-21(18)27-24(29)15-28-14-23(19-10-4-7-13-22(19)28)34(31,32)16-17-8-2-5-11-20(17)26/h2-14H,15-16H2,1H3,(H,27,29). The first-order valence-electron chi connectivity index (χ1n) is 10.3. The molecule has 1 aromatic heterocycles. The maximum atomic E-state index is 14.1. The Morgan fingerprint density at radius 1 is 0.971 bits per heavy atom. The first-order valence-corrected chi connectivity index (χ1v) is 12.0. The van der Waals surface area contributed by atoms with Gasteiger partial charge in [0.05, 0.1) is 29.0 Å². The van der Waals surface area contributed by atoms with Crippen LogP contribution in [0.3, 0.4) is 0 Å². The van der Waals surface area contributed by atoms with Crippen LogP contribution < -0.4 is 5.32 Å². The molecule has 0 aliphatic rings. The molecule has 3 aromatic carbocycles. The predicted molar refractivity (Wildman–Crippen MR) is 126 cm³/mol. The van der Waals surface area contributed by atoms with E-state index in [2.05, 4.69) is 5.32 Å². The molecule has 0 fully saturated rings. The minimum absolute atomic E-state index is 0.00844. The van der Waals surface area contributed by atoms with Gasteiger partial charge < -0.3 is 14.6 Å². The number of rotatable bonds is 7. The molecule has 9 heteroatoms. The maximum Gasteiger partial charge on any atom is 0.339 e. The molecule has 0 spiro atoms. The topological polar surface area (TPSA) is 94.5 Å². The van der Waals surface area contributed by atoms with Crippen molar-refractivity contribution < 1.29 is 27.1 Å². The molecule has 4 rings (SSSR count). The lowest BCUT2D eigenvalue weighted by atomic mass is 10.2. The van der Waals surface area contributed by atoms with Gasteiger partial charge in [-0.1, -0.05) is 48.5 Å². The van der Waals surface area contributed by atoms with E-state index in [1.165, 1.54) is 42.1 Å². The van der Waals surface area contributed by atoms with Crippen molar-refractivity contribution >= 4 is 38.3 Å². The molecular weight excluding hydrogens is 459 g/mol. The Labute approximate surface area is 195 Å². The van der Waals surface area contributed by atoms with Gasteiger partial charge in [0.25, 0.3) is 0 Å². The number of nitrogens with zero attached hydrogens (tertiary/aromatic N) is 1. The average molecular weight is 481 g/mol. The predicted octanol–water partition coefficient (Wildman–Crippen LogP) is 4.18. The summed E-state index contributed by atoms with van der Waals surface area (Å²) in [5, 5.41) is 3.11. The number of esters is 1. The fourth-order valence-electron chi connectivity index (χ4n) is 3.71. The van der Waals surface area contributed by atoms with Crippen molar-refractivity contribution in [3.05, 3.63) is 95.9 Å². The highest BCUT2D eigenvalue weighted by Gasteiger charge is 2.24. The van der Waals surface area contributed by atoms with Gasteiger partial charge >= 0.3 is 5.97 Å². The first kappa shape index (κ1) is 23.2. The lowest BCUT2D eigenvalue weighted by Gasteiger charge is -2.10. The zero-order valence-corrected chi connectivity index (χ0v) is 19.0. The van der Waals surface area contributed by atoms with E-state index in [0.29, 0.717) is 10.9 Å². The lowest BCUT2D eigenvalue weighted by molar-refractivity contribution is -0.116. The zero-order valence-electron chi connectivity index (χ0n) is 18.2. The summed E-state index contributed by atoms with van der Waals surface area (Å²) in [6.07, 6.45) is 1.38. The van der Waals surface area contributed by atoms with Crippen LogP contribution in [0.15, 0.2) is 83.9 Å². The van der Waals surface area contributed by atoms with Crippen molar-refractivity contribution in [2.45, 2.75) is 17.2 Å². The van der Waals surface area contributed by atoms with Crippen molar-refractivity contribution in [2.24, 2.45) is 0 Å². The van der Waals surface area contributed by atoms with Gasteiger partial charge in [-0.3, -0.25) is 4.79 Å². The van der Waals surface area contributed by atoms with E-state index in [-0.39, 0.29) is 28.3 Å². The number of aromatic nitrogens is 1. The van der Waals surface area contributed by atoms with Gasteiger partial charge in [0.2, 0.25) is 5.91 Å². The molecule has 34 heavy (non-hydrogen) atoms. The molecule has 0 aliphatic carbocycles. The van der Waals surface area contributed by atoms with Crippen molar-refractivity contribution in [2.75, 3.05) is 12.4 Å². The van der Waals surface area contributed by atoms with Crippen molar-refractivity contribution in [3.63, 3.8) is 0 Å². The third kappa shape index (κ3) is 4.69. The van der Waals surface area contributed by atoms with Gasteiger partial charge in [-0.15, -0.1) is 0 Å². The second kappa shape index (κ2) is 9.48. The second-order valence-corrected chi connectivity index (χ2v) is 9.53. The number of fused-ring (bicyclic) bond motifs is 1. The fraction of sp³-hybridized carbons (Fsp3) is 0.120. The fourth-order valence-corrected chi connectivity index (χ4v) is 5.31. The Balaban J connectivity index is 1.65. The van der Waals surface area contributed by atoms with Gasteiger partial charge in [-0.2, -0.15) is 0 Å².